The van der Waals surface area contributed by atoms with Gasteiger partial charge in [-0.3, -0.25) is 14.7 Å². The predicted molar refractivity (Wildman–Crippen MR) is 151 cm³/mol. The number of aryl methyl sites for hydroxylation is 3. The van der Waals surface area contributed by atoms with E-state index in [1.54, 1.807) is 13.1 Å². The van der Waals surface area contributed by atoms with E-state index >= 15 is 0 Å². The van der Waals surface area contributed by atoms with Gasteiger partial charge < -0.3 is 9.84 Å². The van der Waals surface area contributed by atoms with Crippen molar-refractivity contribution in [3.8, 4) is 5.75 Å². The second kappa shape index (κ2) is 11.1. The van der Waals surface area contributed by atoms with Crippen molar-refractivity contribution in [3.05, 3.63) is 82.2 Å². The quantitative estimate of drug-likeness (QED) is 0.324. The zero-order valence-corrected chi connectivity index (χ0v) is 23.4. The molecule has 204 valence electrons. The van der Waals surface area contributed by atoms with E-state index in [1.165, 1.54) is 11.1 Å². The summed E-state index contributed by atoms with van der Waals surface area (Å²) in [6.45, 7) is 13.2. The second-order valence-electron chi connectivity index (χ2n) is 10.6. The standard InChI is InChI=1S/C31H37N5O3/c1-6-25-18-35(17-24-15-32-13-12-28(24)39-25)16-23-14-22(9-8-19(23)3)29(21(5)31(37)38)26-10-11-27-30(20(26)4)33-34-36(27)7-2/h8-15,21,25,29H,6-7,16-18H2,1-5H3,(H,37,38). The molecule has 2 aromatic carbocycles. The third kappa shape index (κ3) is 5.26. The Morgan fingerprint density at radius 1 is 1.18 bits per heavy atom. The lowest BCUT2D eigenvalue weighted by atomic mass is 9.79. The minimum absolute atomic E-state index is 0.0998. The largest absolute Gasteiger partial charge is 0.489 e. The monoisotopic (exact) mass is 527 g/mol. The number of carboxylic acid groups (broad SMARTS) is 1. The van der Waals surface area contributed by atoms with Gasteiger partial charge in [0.1, 0.15) is 17.4 Å². The number of carboxylic acids is 1. The van der Waals surface area contributed by atoms with Gasteiger partial charge in [-0.2, -0.15) is 0 Å². The number of benzene rings is 2. The summed E-state index contributed by atoms with van der Waals surface area (Å²) in [5.41, 5.74) is 8.20. The van der Waals surface area contributed by atoms with Crippen molar-refractivity contribution >= 4 is 17.0 Å². The van der Waals surface area contributed by atoms with Crippen LogP contribution in [0.3, 0.4) is 0 Å². The van der Waals surface area contributed by atoms with Gasteiger partial charge in [-0.1, -0.05) is 43.3 Å². The molecule has 5 rings (SSSR count). The molecule has 8 heteroatoms. The fourth-order valence-corrected chi connectivity index (χ4v) is 5.72. The van der Waals surface area contributed by atoms with Gasteiger partial charge >= 0.3 is 5.97 Å². The number of aromatic nitrogens is 4. The summed E-state index contributed by atoms with van der Waals surface area (Å²) >= 11 is 0. The highest BCUT2D eigenvalue weighted by Crippen LogP contribution is 2.37. The van der Waals surface area contributed by atoms with Gasteiger partial charge in [0.15, 0.2) is 0 Å². The fourth-order valence-electron chi connectivity index (χ4n) is 5.72. The summed E-state index contributed by atoms with van der Waals surface area (Å²) in [7, 11) is 0. The number of nitrogens with zero attached hydrogens (tertiary/aromatic N) is 5. The summed E-state index contributed by atoms with van der Waals surface area (Å²) in [5.74, 6) is -0.852. The molecule has 0 bridgehead atoms. The molecule has 0 saturated carbocycles. The van der Waals surface area contributed by atoms with Crippen molar-refractivity contribution in [1.82, 2.24) is 24.9 Å². The third-order valence-electron chi connectivity index (χ3n) is 8.10. The van der Waals surface area contributed by atoms with E-state index in [9.17, 15) is 9.90 Å². The summed E-state index contributed by atoms with van der Waals surface area (Å²) < 4.78 is 8.15. The zero-order chi connectivity index (χ0) is 27.7. The van der Waals surface area contributed by atoms with Crippen LogP contribution in [0.1, 0.15) is 66.5 Å². The minimum atomic E-state index is -0.821. The lowest BCUT2D eigenvalue weighted by Crippen LogP contribution is -2.32. The molecule has 1 aliphatic rings. The molecule has 0 radical (unpaired) electrons. The third-order valence-corrected chi connectivity index (χ3v) is 8.10. The molecule has 39 heavy (non-hydrogen) atoms. The fraction of sp³-hybridized carbons (Fsp3) is 0.419. The lowest BCUT2D eigenvalue weighted by Gasteiger charge is -2.27. The van der Waals surface area contributed by atoms with Crippen molar-refractivity contribution in [2.75, 3.05) is 6.54 Å². The van der Waals surface area contributed by atoms with Gasteiger partial charge in [0.2, 0.25) is 0 Å². The number of ether oxygens (including phenoxy) is 1. The Morgan fingerprint density at radius 2 is 2.00 bits per heavy atom. The first-order valence-corrected chi connectivity index (χ1v) is 13.8. The maximum atomic E-state index is 12.3. The molecular weight excluding hydrogens is 490 g/mol. The number of carbonyl (C=O) groups is 1. The number of fused-ring (bicyclic) bond motifs is 2. The van der Waals surface area contributed by atoms with E-state index in [-0.39, 0.29) is 12.0 Å². The average Bonchev–Trinajstić information content (AvgIpc) is 3.27. The van der Waals surface area contributed by atoms with Crippen LogP contribution >= 0.6 is 0 Å². The SMILES string of the molecule is CCC1CN(Cc2cc(C(c3ccc4c(nnn4CC)c3C)C(C)C(=O)O)ccc2C)Cc2cnccc2O1. The van der Waals surface area contributed by atoms with Crippen LogP contribution in [0.4, 0.5) is 0 Å². The first-order valence-electron chi connectivity index (χ1n) is 13.8. The number of rotatable bonds is 8. The second-order valence-corrected chi connectivity index (χ2v) is 10.6. The van der Waals surface area contributed by atoms with E-state index in [2.05, 4.69) is 58.3 Å². The Bertz CT molecular complexity index is 1500. The van der Waals surface area contributed by atoms with Gasteiger partial charge in [-0.05, 0) is 67.1 Å². The van der Waals surface area contributed by atoms with Crippen molar-refractivity contribution < 1.29 is 14.6 Å². The van der Waals surface area contributed by atoms with Crippen molar-refractivity contribution in [3.63, 3.8) is 0 Å². The topological polar surface area (TPSA) is 93.4 Å². The van der Waals surface area contributed by atoms with Crippen molar-refractivity contribution in [2.24, 2.45) is 5.92 Å². The molecule has 0 fully saturated rings. The van der Waals surface area contributed by atoms with Crippen molar-refractivity contribution in [2.45, 2.75) is 72.7 Å². The molecule has 3 atom stereocenters. The number of pyridine rings is 1. The van der Waals surface area contributed by atoms with Gasteiger partial charge in [0.25, 0.3) is 0 Å². The Morgan fingerprint density at radius 3 is 2.74 bits per heavy atom. The summed E-state index contributed by atoms with van der Waals surface area (Å²) in [4.78, 5) is 19.1. The van der Waals surface area contributed by atoms with E-state index in [1.807, 2.05) is 36.9 Å². The van der Waals surface area contributed by atoms with Gasteiger partial charge in [-0.25, -0.2) is 4.68 Å². The zero-order valence-electron chi connectivity index (χ0n) is 23.4. The van der Waals surface area contributed by atoms with Crippen LogP contribution in [0, 0.1) is 19.8 Å². The minimum Gasteiger partial charge on any atom is -0.489 e. The van der Waals surface area contributed by atoms with E-state index in [4.69, 9.17) is 4.74 Å². The molecule has 1 N–H and O–H groups in total. The molecule has 1 aliphatic heterocycles. The number of hydrogen-bond acceptors (Lipinski definition) is 6. The molecule has 0 spiro atoms. The smallest absolute Gasteiger partial charge is 0.307 e. The maximum absolute atomic E-state index is 12.3. The molecule has 0 amide bonds. The van der Waals surface area contributed by atoms with Gasteiger partial charge in [-0.15, -0.1) is 5.10 Å². The highest BCUT2D eigenvalue weighted by molar-refractivity contribution is 5.81. The molecule has 3 unspecified atom stereocenters. The molecule has 0 aliphatic carbocycles. The van der Waals surface area contributed by atoms with Crippen LogP contribution in [0.5, 0.6) is 5.75 Å². The average molecular weight is 528 g/mol. The van der Waals surface area contributed by atoms with Gasteiger partial charge in [0.05, 0.1) is 11.4 Å². The van der Waals surface area contributed by atoms with E-state index < -0.39 is 11.9 Å². The van der Waals surface area contributed by atoms with Crippen molar-refractivity contribution in [1.29, 1.82) is 0 Å². The normalized spacial score (nSPS) is 17.3. The Labute approximate surface area is 229 Å². The molecule has 0 saturated heterocycles. The summed E-state index contributed by atoms with van der Waals surface area (Å²) in [6.07, 6.45) is 4.69. The first-order chi connectivity index (χ1) is 18.8. The number of hydrogen-bond donors (Lipinski definition) is 1. The highest BCUT2D eigenvalue weighted by Gasteiger charge is 2.30. The van der Waals surface area contributed by atoms with Crippen LogP contribution in [0.25, 0.3) is 11.0 Å². The highest BCUT2D eigenvalue weighted by atomic mass is 16.5. The number of aliphatic carboxylic acids is 1. The first kappa shape index (κ1) is 26.8. The molecule has 2 aromatic heterocycles. The van der Waals surface area contributed by atoms with E-state index in [0.29, 0.717) is 0 Å². The molecule has 4 aromatic rings. The van der Waals surface area contributed by atoms with Crippen LogP contribution in [-0.4, -0.2) is 48.6 Å². The summed E-state index contributed by atoms with van der Waals surface area (Å²) in [6, 6.07) is 12.4. The maximum Gasteiger partial charge on any atom is 0.307 e. The Hall–Kier alpha value is -3.78. The summed E-state index contributed by atoms with van der Waals surface area (Å²) in [5, 5.41) is 18.8. The van der Waals surface area contributed by atoms with Crippen LogP contribution in [0.2, 0.25) is 0 Å². The molecular formula is C31H37N5O3. The van der Waals surface area contributed by atoms with E-state index in [0.717, 1.165) is 71.6 Å². The Balaban J connectivity index is 1.53. The predicted octanol–water partition coefficient (Wildman–Crippen LogP) is 5.49. The lowest BCUT2D eigenvalue weighted by molar-refractivity contribution is -0.141. The van der Waals surface area contributed by atoms with Gasteiger partial charge in [0, 0.05) is 50.1 Å². The Kier molecular flexibility index (Phi) is 7.66. The van der Waals surface area contributed by atoms with Crippen LogP contribution in [0.15, 0.2) is 48.8 Å². The van der Waals surface area contributed by atoms with Crippen LogP contribution < -0.4 is 4.74 Å². The molecule has 8 nitrogen and oxygen atoms in total. The molecule has 3 heterocycles. The van der Waals surface area contributed by atoms with Crippen LogP contribution in [-0.2, 0) is 24.4 Å².